The molecule has 1 aromatic carbocycles. The minimum absolute atomic E-state index is 0.722. The van der Waals surface area contributed by atoms with Crippen LogP contribution in [0.15, 0.2) is 59.7 Å². The number of nitrogens with one attached hydrogen (secondary N) is 1. The van der Waals surface area contributed by atoms with Crippen LogP contribution in [0, 0.1) is 0 Å². The zero-order valence-corrected chi connectivity index (χ0v) is 12.2. The lowest BCUT2D eigenvalue weighted by atomic mass is 10.2. The summed E-state index contributed by atoms with van der Waals surface area (Å²) < 4.78 is 2.70. The van der Waals surface area contributed by atoms with Crippen molar-refractivity contribution in [3.8, 4) is 0 Å². The van der Waals surface area contributed by atoms with Gasteiger partial charge in [0.2, 0.25) is 0 Å². The van der Waals surface area contributed by atoms with Gasteiger partial charge in [-0.2, -0.15) is 5.10 Å². The molecule has 3 aromatic rings. The highest BCUT2D eigenvalue weighted by atomic mass is 79.9. The van der Waals surface area contributed by atoms with Crippen molar-refractivity contribution >= 4 is 27.4 Å². The molecule has 20 heavy (non-hydrogen) atoms. The second-order valence-corrected chi connectivity index (χ2v) is 5.11. The third-order valence-corrected chi connectivity index (χ3v) is 3.33. The molecule has 0 fully saturated rings. The van der Waals surface area contributed by atoms with E-state index in [1.54, 1.807) is 12.4 Å². The zero-order chi connectivity index (χ0) is 13.8. The van der Waals surface area contributed by atoms with E-state index in [1.807, 2.05) is 29.1 Å². The first-order valence-electron chi connectivity index (χ1n) is 6.10. The summed E-state index contributed by atoms with van der Waals surface area (Å²) in [5.41, 5.74) is 2.10. The molecule has 100 valence electrons. The summed E-state index contributed by atoms with van der Waals surface area (Å²) in [5.74, 6) is 0.722. The van der Waals surface area contributed by atoms with Crippen LogP contribution in [-0.4, -0.2) is 19.7 Å². The summed E-state index contributed by atoms with van der Waals surface area (Å²) in [5, 5.41) is 7.53. The summed E-state index contributed by atoms with van der Waals surface area (Å²) in [4.78, 5) is 8.09. The molecule has 0 aliphatic heterocycles. The standard InChI is InChI=1S/C14H12BrN5/c15-13-7-16-10-17-14(13)19-12-6-18-20(9-12)8-11-4-2-1-3-5-11/h1-7,9-10H,8H2,(H,16,17,19). The van der Waals surface area contributed by atoms with Crippen molar-refractivity contribution in [1.29, 1.82) is 0 Å². The van der Waals surface area contributed by atoms with E-state index >= 15 is 0 Å². The topological polar surface area (TPSA) is 55.6 Å². The van der Waals surface area contributed by atoms with Crippen LogP contribution in [0.3, 0.4) is 0 Å². The maximum Gasteiger partial charge on any atom is 0.148 e. The van der Waals surface area contributed by atoms with Crippen molar-refractivity contribution in [3.05, 3.63) is 65.3 Å². The first-order valence-corrected chi connectivity index (χ1v) is 6.89. The van der Waals surface area contributed by atoms with Crippen molar-refractivity contribution < 1.29 is 0 Å². The van der Waals surface area contributed by atoms with E-state index in [0.717, 1.165) is 22.5 Å². The Morgan fingerprint density at radius 3 is 2.80 bits per heavy atom. The number of rotatable bonds is 4. The molecular formula is C14H12BrN5. The van der Waals surface area contributed by atoms with Gasteiger partial charge < -0.3 is 5.32 Å². The molecule has 0 unspecified atom stereocenters. The third kappa shape index (κ3) is 3.03. The molecule has 0 spiro atoms. The Labute approximate surface area is 124 Å². The number of hydrogen-bond acceptors (Lipinski definition) is 4. The van der Waals surface area contributed by atoms with Gasteiger partial charge in [-0.1, -0.05) is 30.3 Å². The van der Waals surface area contributed by atoms with Gasteiger partial charge >= 0.3 is 0 Å². The molecule has 0 radical (unpaired) electrons. The van der Waals surface area contributed by atoms with E-state index in [-0.39, 0.29) is 0 Å². The molecule has 0 bridgehead atoms. The van der Waals surface area contributed by atoms with Crippen LogP contribution in [0.25, 0.3) is 0 Å². The molecule has 5 nitrogen and oxygen atoms in total. The van der Waals surface area contributed by atoms with Crippen LogP contribution in [0.2, 0.25) is 0 Å². The molecule has 3 rings (SSSR count). The summed E-state index contributed by atoms with van der Waals surface area (Å²) >= 11 is 3.40. The Balaban J connectivity index is 1.73. The second-order valence-electron chi connectivity index (χ2n) is 4.26. The number of anilines is 2. The predicted octanol–water partition coefficient (Wildman–Crippen LogP) is 3.23. The largest absolute Gasteiger partial charge is 0.337 e. The lowest BCUT2D eigenvalue weighted by molar-refractivity contribution is 0.687. The summed E-state index contributed by atoms with van der Waals surface area (Å²) in [6.45, 7) is 0.744. The van der Waals surface area contributed by atoms with Crippen molar-refractivity contribution in [1.82, 2.24) is 19.7 Å². The predicted molar refractivity (Wildman–Crippen MR) is 80.8 cm³/mol. The monoisotopic (exact) mass is 329 g/mol. The van der Waals surface area contributed by atoms with E-state index in [4.69, 9.17) is 0 Å². The van der Waals surface area contributed by atoms with Gasteiger partial charge in [-0.15, -0.1) is 0 Å². The van der Waals surface area contributed by atoms with Gasteiger partial charge in [-0.3, -0.25) is 4.68 Å². The Morgan fingerprint density at radius 1 is 1.15 bits per heavy atom. The summed E-state index contributed by atoms with van der Waals surface area (Å²) in [6, 6.07) is 10.2. The van der Waals surface area contributed by atoms with Gasteiger partial charge in [0.05, 0.1) is 22.9 Å². The van der Waals surface area contributed by atoms with Gasteiger partial charge in [0, 0.05) is 12.4 Å². The lowest BCUT2D eigenvalue weighted by Crippen LogP contribution is -1.99. The molecule has 0 amide bonds. The minimum Gasteiger partial charge on any atom is -0.337 e. The zero-order valence-electron chi connectivity index (χ0n) is 10.6. The van der Waals surface area contributed by atoms with Crippen molar-refractivity contribution in [3.63, 3.8) is 0 Å². The fraction of sp³-hybridized carbons (Fsp3) is 0.0714. The summed E-state index contributed by atoms with van der Waals surface area (Å²) in [7, 11) is 0. The fourth-order valence-electron chi connectivity index (χ4n) is 1.83. The van der Waals surface area contributed by atoms with Crippen LogP contribution in [0.5, 0.6) is 0 Å². The van der Waals surface area contributed by atoms with Crippen LogP contribution in [-0.2, 0) is 6.54 Å². The third-order valence-electron chi connectivity index (χ3n) is 2.75. The highest BCUT2D eigenvalue weighted by Crippen LogP contribution is 2.21. The highest BCUT2D eigenvalue weighted by molar-refractivity contribution is 9.10. The van der Waals surface area contributed by atoms with E-state index in [0.29, 0.717) is 0 Å². The smallest absolute Gasteiger partial charge is 0.148 e. The maximum absolute atomic E-state index is 4.33. The Kier molecular flexibility index (Phi) is 3.73. The van der Waals surface area contributed by atoms with Gasteiger partial charge in [-0.25, -0.2) is 9.97 Å². The average molecular weight is 330 g/mol. The molecule has 2 heterocycles. The minimum atomic E-state index is 0.722. The molecule has 2 aromatic heterocycles. The normalized spacial score (nSPS) is 10.4. The molecule has 1 N–H and O–H groups in total. The first kappa shape index (κ1) is 12.8. The average Bonchev–Trinajstić information content (AvgIpc) is 2.90. The number of hydrogen-bond donors (Lipinski definition) is 1. The van der Waals surface area contributed by atoms with E-state index in [1.165, 1.54) is 11.9 Å². The van der Waals surface area contributed by atoms with E-state index in [9.17, 15) is 0 Å². The van der Waals surface area contributed by atoms with Crippen molar-refractivity contribution in [2.75, 3.05) is 5.32 Å². The maximum atomic E-state index is 4.33. The Morgan fingerprint density at radius 2 is 2.00 bits per heavy atom. The number of benzene rings is 1. The van der Waals surface area contributed by atoms with Gasteiger partial charge in [0.1, 0.15) is 12.1 Å². The molecule has 0 aliphatic carbocycles. The van der Waals surface area contributed by atoms with Gasteiger partial charge in [0.25, 0.3) is 0 Å². The number of aromatic nitrogens is 4. The SMILES string of the molecule is Brc1cncnc1Nc1cnn(Cc2ccccc2)c1. The number of nitrogens with zero attached hydrogens (tertiary/aromatic N) is 4. The highest BCUT2D eigenvalue weighted by Gasteiger charge is 2.04. The van der Waals surface area contributed by atoms with Crippen molar-refractivity contribution in [2.45, 2.75) is 6.54 Å². The molecule has 0 saturated carbocycles. The van der Waals surface area contributed by atoms with Crippen LogP contribution in [0.1, 0.15) is 5.56 Å². The second kappa shape index (κ2) is 5.83. The molecule has 6 heteroatoms. The molecular weight excluding hydrogens is 318 g/mol. The lowest BCUT2D eigenvalue weighted by Gasteiger charge is -2.03. The Bertz CT molecular complexity index is 696. The Hall–Kier alpha value is -2.21. The van der Waals surface area contributed by atoms with Crippen LogP contribution >= 0.6 is 15.9 Å². The quantitative estimate of drug-likeness (QED) is 0.798. The number of halogens is 1. The molecule has 0 atom stereocenters. The van der Waals surface area contributed by atoms with Gasteiger partial charge in [-0.05, 0) is 21.5 Å². The molecule has 0 aliphatic rings. The van der Waals surface area contributed by atoms with E-state index in [2.05, 4.69) is 48.4 Å². The first-order chi connectivity index (χ1) is 9.81. The van der Waals surface area contributed by atoms with Crippen LogP contribution < -0.4 is 5.32 Å². The fourth-order valence-corrected chi connectivity index (χ4v) is 2.15. The van der Waals surface area contributed by atoms with Crippen LogP contribution in [0.4, 0.5) is 11.5 Å². The summed E-state index contributed by atoms with van der Waals surface area (Å²) in [6.07, 6.45) is 6.92. The van der Waals surface area contributed by atoms with Gasteiger partial charge in [0.15, 0.2) is 0 Å². The molecule has 0 saturated heterocycles. The van der Waals surface area contributed by atoms with E-state index < -0.39 is 0 Å². The van der Waals surface area contributed by atoms with Crippen molar-refractivity contribution in [2.24, 2.45) is 0 Å².